The van der Waals surface area contributed by atoms with Gasteiger partial charge in [-0.2, -0.15) is 0 Å². The second-order valence-electron chi connectivity index (χ2n) is 6.91. The molecule has 11 heteroatoms. The maximum atomic E-state index is 14.6. The molecule has 1 aliphatic heterocycles. The van der Waals surface area contributed by atoms with Gasteiger partial charge < -0.3 is 16.0 Å². The van der Waals surface area contributed by atoms with Crippen LogP contribution in [0.25, 0.3) is 0 Å². The number of nitrogens with two attached hydrogens (primary N) is 1. The zero-order chi connectivity index (χ0) is 21.3. The number of halogens is 2. The van der Waals surface area contributed by atoms with Crippen molar-refractivity contribution in [3.63, 3.8) is 0 Å². The molecule has 1 saturated heterocycles. The van der Waals surface area contributed by atoms with E-state index in [0.717, 1.165) is 12.5 Å². The maximum absolute atomic E-state index is 14.6. The molecule has 0 bridgehead atoms. The van der Waals surface area contributed by atoms with Gasteiger partial charge in [-0.1, -0.05) is 0 Å². The predicted molar refractivity (Wildman–Crippen MR) is 114 cm³/mol. The van der Waals surface area contributed by atoms with E-state index in [2.05, 4.69) is 15.0 Å². The third-order valence-corrected chi connectivity index (χ3v) is 6.67. The minimum atomic E-state index is -4.12. The Kier molecular flexibility index (Phi) is 5.58. The van der Waals surface area contributed by atoms with E-state index in [0.29, 0.717) is 30.2 Å². The minimum absolute atomic E-state index is 0.00766. The largest absolute Gasteiger partial charge is 0.368 e. The highest BCUT2D eigenvalue weighted by molar-refractivity contribution is 7.92. The molecule has 158 valence electrons. The first-order valence-electron chi connectivity index (χ1n) is 9.09. The van der Waals surface area contributed by atoms with Gasteiger partial charge in [-0.25, -0.2) is 22.2 Å². The highest BCUT2D eigenvalue weighted by Crippen LogP contribution is 2.33. The third-order valence-electron chi connectivity index (χ3n) is 4.70. The van der Waals surface area contributed by atoms with Gasteiger partial charge in [0.15, 0.2) is 5.82 Å². The van der Waals surface area contributed by atoms with Crippen molar-refractivity contribution in [1.29, 1.82) is 0 Å². The molecule has 1 unspecified atom stereocenters. The number of rotatable bonds is 6. The van der Waals surface area contributed by atoms with E-state index < -0.39 is 26.6 Å². The van der Waals surface area contributed by atoms with E-state index in [4.69, 9.17) is 5.73 Å². The number of thiazole rings is 1. The normalized spacial score (nSPS) is 16.6. The molecule has 1 atom stereocenters. The standard InChI is InChI=1S/C19H19F2N5O2S2/c20-12-1-3-16(17(7-12)26-6-5-13(22)9-26)24-14-2-4-18(15(21)8-14)30(27,28)25-19-10-29-11-23-19/h1-4,7-8,10-11,13,24-25H,5-6,9,22H2. The summed E-state index contributed by atoms with van der Waals surface area (Å²) in [7, 11) is -4.12. The molecule has 3 aromatic rings. The molecule has 30 heavy (non-hydrogen) atoms. The fraction of sp³-hybridized carbons (Fsp3) is 0.211. The maximum Gasteiger partial charge on any atom is 0.265 e. The molecule has 2 aromatic carbocycles. The Morgan fingerprint density at radius 1 is 1.20 bits per heavy atom. The van der Waals surface area contributed by atoms with Gasteiger partial charge in [-0.15, -0.1) is 11.3 Å². The average Bonchev–Trinajstić information content (AvgIpc) is 3.34. The van der Waals surface area contributed by atoms with Crippen molar-refractivity contribution in [3.8, 4) is 0 Å². The van der Waals surface area contributed by atoms with Crippen LogP contribution in [0.4, 0.5) is 31.7 Å². The van der Waals surface area contributed by atoms with Crippen LogP contribution >= 0.6 is 11.3 Å². The Hall–Kier alpha value is -2.76. The third kappa shape index (κ3) is 4.37. The summed E-state index contributed by atoms with van der Waals surface area (Å²) in [4.78, 5) is 5.31. The lowest BCUT2D eigenvalue weighted by Gasteiger charge is -2.22. The minimum Gasteiger partial charge on any atom is -0.368 e. The van der Waals surface area contributed by atoms with E-state index in [1.54, 1.807) is 6.07 Å². The summed E-state index contributed by atoms with van der Waals surface area (Å²) in [5, 5.41) is 4.55. The van der Waals surface area contributed by atoms with Crippen molar-refractivity contribution in [2.24, 2.45) is 5.73 Å². The van der Waals surface area contributed by atoms with Crippen LogP contribution in [0.2, 0.25) is 0 Å². The molecule has 1 aliphatic rings. The van der Waals surface area contributed by atoms with E-state index in [1.807, 2.05) is 4.90 Å². The summed E-state index contributed by atoms with van der Waals surface area (Å²) in [5.41, 5.74) is 8.94. The van der Waals surface area contributed by atoms with Crippen LogP contribution in [-0.4, -0.2) is 32.5 Å². The summed E-state index contributed by atoms with van der Waals surface area (Å²) in [6, 6.07) is 7.96. The number of anilines is 4. The fourth-order valence-electron chi connectivity index (χ4n) is 3.29. The molecule has 0 spiro atoms. The number of nitrogens with one attached hydrogen (secondary N) is 2. The molecule has 2 heterocycles. The van der Waals surface area contributed by atoms with Crippen molar-refractivity contribution < 1.29 is 17.2 Å². The molecule has 0 aliphatic carbocycles. The molecule has 4 rings (SSSR count). The molecule has 7 nitrogen and oxygen atoms in total. The fourth-order valence-corrected chi connectivity index (χ4v) is 4.90. The van der Waals surface area contributed by atoms with Gasteiger partial charge in [-0.3, -0.25) is 4.72 Å². The lowest BCUT2D eigenvalue weighted by atomic mass is 10.2. The molecule has 1 fully saturated rings. The number of sulfonamides is 1. The number of nitrogens with zero attached hydrogens (tertiary/aromatic N) is 2. The van der Waals surface area contributed by atoms with E-state index in [-0.39, 0.29) is 11.9 Å². The Labute approximate surface area is 176 Å². The first kappa shape index (κ1) is 20.5. The number of hydrogen-bond donors (Lipinski definition) is 3. The molecule has 0 saturated carbocycles. The zero-order valence-electron chi connectivity index (χ0n) is 15.7. The summed E-state index contributed by atoms with van der Waals surface area (Å²) in [5.74, 6) is -1.19. The highest BCUT2D eigenvalue weighted by atomic mass is 32.2. The van der Waals surface area contributed by atoms with Crippen molar-refractivity contribution >= 4 is 44.2 Å². The van der Waals surface area contributed by atoms with Gasteiger partial charge in [0.1, 0.15) is 16.5 Å². The quantitative estimate of drug-likeness (QED) is 0.530. The van der Waals surface area contributed by atoms with Crippen LogP contribution in [0.1, 0.15) is 6.42 Å². The number of benzene rings is 2. The zero-order valence-corrected chi connectivity index (χ0v) is 17.3. The summed E-state index contributed by atoms with van der Waals surface area (Å²) >= 11 is 1.22. The Bertz CT molecular complexity index is 1160. The number of aromatic nitrogens is 1. The smallest absolute Gasteiger partial charge is 0.265 e. The monoisotopic (exact) mass is 451 g/mol. The van der Waals surface area contributed by atoms with Gasteiger partial charge in [0.2, 0.25) is 0 Å². The number of hydrogen-bond acceptors (Lipinski definition) is 7. The van der Waals surface area contributed by atoms with Gasteiger partial charge >= 0.3 is 0 Å². The van der Waals surface area contributed by atoms with E-state index in [1.165, 1.54) is 46.5 Å². The molecule has 0 radical (unpaired) electrons. The second kappa shape index (κ2) is 8.17. The topological polar surface area (TPSA) is 100 Å². The first-order valence-corrected chi connectivity index (χ1v) is 11.5. The molecule has 4 N–H and O–H groups in total. The van der Waals surface area contributed by atoms with E-state index in [9.17, 15) is 17.2 Å². The summed E-state index contributed by atoms with van der Waals surface area (Å²) < 4.78 is 55.5. The van der Waals surface area contributed by atoms with Crippen molar-refractivity contribution in [1.82, 2.24) is 4.98 Å². The van der Waals surface area contributed by atoms with Gasteiger partial charge in [0.05, 0.1) is 16.9 Å². The Morgan fingerprint density at radius 2 is 2.03 bits per heavy atom. The molecular weight excluding hydrogens is 432 g/mol. The van der Waals surface area contributed by atoms with Gasteiger partial charge in [-0.05, 0) is 42.8 Å². The van der Waals surface area contributed by atoms with Gasteiger partial charge in [0.25, 0.3) is 10.0 Å². The van der Waals surface area contributed by atoms with Crippen LogP contribution in [0.5, 0.6) is 0 Å². The van der Waals surface area contributed by atoms with Crippen LogP contribution in [-0.2, 0) is 10.0 Å². The predicted octanol–water partition coefficient (Wildman–Crippen LogP) is 3.50. The Morgan fingerprint density at radius 3 is 2.70 bits per heavy atom. The molecule has 1 aromatic heterocycles. The van der Waals surface area contributed by atoms with Crippen molar-refractivity contribution in [3.05, 3.63) is 58.9 Å². The van der Waals surface area contributed by atoms with Crippen LogP contribution in [0.3, 0.4) is 0 Å². The van der Waals surface area contributed by atoms with Crippen molar-refractivity contribution in [2.45, 2.75) is 17.4 Å². The molecular formula is C19H19F2N5O2S2. The lowest BCUT2D eigenvalue weighted by molar-refractivity contribution is 0.570. The summed E-state index contributed by atoms with van der Waals surface area (Å²) in [6.45, 7) is 1.28. The van der Waals surface area contributed by atoms with Crippen LogP contribution < -0.4 is 20.7 Å². The second-order valence-corrected chi connectivity index (χ2v) is 9.28. The Balaban J connectivity index is 1.59. The molecule has 0 amide bonds. The summed E-state index contributed by atoms with van der Waals surface area (Å²) in [6.07, 6.45) is 0.795. The van der Waals surface area contributed by atoms with Crippen molar-refractivity contribution in [2.75, 3.05) is 28.0 Å². The first-order chi connectivity index (χ1) is 14.3. The van der Waals surface area contributed by atoms with Crippen LogP contribution in [0, 0.1) is 11.6 Å². The lowest BCUT2D eigenvalue weighted by Crippen LogP contribution is -2.26. The highest BCUT2D eigenvalue weighted by Gasteiger charge is 2.23. The van der Waals surface area contributed by atoms with E-state index >= 15 is 0 Å². The average molecular weight is 452 g/mol. The van der Waals surface area contributed by atoms with Gasteiger partial charge in [0, 0.05) is 30.2 Å². The SMILES string of the molecule is NC1CCN(c2cc(F)ccc2Nc2ccc(S(=O)(=O)Nc3cscn3)c(F)c2)C1. The van der Waals surface area contributed by atoms with Crippen LogP contribution in [0.15, 0.2) is 52.2 Å².